The summed E-state index contributed by atoms with van der Waals surface area (Å²) in [4.78, 5) is 32.6. The number of hydrogen-bond donors (Lipinski definition) is 1. The Balaban J connectivity index is 2.11. The summed E-state index contributed by atoms with van der Waals surface area (Å²) in [5, 5.41) is 2.75. The van der Waals surface area contributed by atoms with Crippen LogP contribution in [0.4, 0.5) is 0 Å². The third kappa shape index (κ3) is 5.11. The molecule has 0 aromatic heterocycles. The summed E-state index contributed by atoms with van der Waals surface area (Å²) in [6.07, 6.45) is 2.19. The Hall–Kier alpha value is -2.32. The first kappa shape index (κ1) is 21.0. The van der Waals surface area contributed by atoms with Crippen molar-refractivity contribution in [1.82, 2.24) is 15.1 Å². The first-order chi connectivity index (χ1) is 12.9. The van der Waals surface area contributed by atoms with Gasteiger partial charge in [-0.2, -0.15) is 0 Å². The Morgan fingerprint density at radius 3 is 2.56 bits per heavy atom. The quantitative estimate of drug-likeness (QED) is 0.415. The van der Waals surface area contributed by atoms with Crippen LogP contribution in [-0.4, -0.2) is 67.2 Å². The van der Waals surface area contributed by atoms with Gasteiger partial charge < -0.3 is 15.0 Å². The van der Waals surface area contributed by atoms with Crippen LogP contribution in [0.1, 0.15) is 24.9 Å². The van der Waals surface area contributed by atoms with Gasteiger partial charge in [-0.1, -0.05) is 19.1 Å². The van der Waals surface area contributed by atoms with E-state index in [-0.39, 0.29) is 17.1 Å². The predicted octanol–water partition coefficient (Wildman–Crippen LogP) is 1.64. The summed E-state index contributed by atoms with van der Waals surface area (Å²) < 4.78 is 5.19. The van der Waals surface area contributed by atoms with Crippen molar-refractivity contribution >= 4 is 35.4 Å². The molecule has 0 spiro atoms. The SMILES string of the molecule is CCCN1C(=O)[C@@H](C=NC[C@H](c2ccc(OC)cc2)N(C)C)C(=O)NC1=S. The van der Waals surface area contributed by atoms with E-state index in [2.05, 4.69) is 10.3 Å². The molecule has 1 fully saturated rings. The topological polar surface area (TPSA) is 74.2 Å². The van der Waals surface area contributed by atoms with E-state index in [4.69, 9.17) is 17.0 Å². The number of benzene rings is 1. The van der Waals surface area contributed by atoms with Crippen molar-refractivity contribution in [3.05, 3.63) is 29.8 Å². The van der Waals surface area contributed by atoms with Gasteiger partial charge >= 0.3 is 0 Å². The van der Waals surface area contributed by atoms with Crippen molar-refractivity contribution in [1.29, 1.82) is 0 Å². The molecule has 2 atom stereocenters. The number of carbonyl (C=O) groups excluding carboxylic acids is 2. The van der Waals surface area contributed by atoms with Crippen molar-refractivity contribution in [3.63, 3.8) is 0 Å². The second kappa shape index (κ2) is 9.57. The van der Waals surface area contributed by atoms with Gasteiger partial charge in [0.05, 0.1) is 19.7 Å². The molecule has 1 N–H and O–H groups in total. The average Bonchev–Trinajstić information content (AvgIpc) is 2.64. The van der Waals surface area contributed by atoms with Crippen LogP contribution in [0.5, 0.6) is 5.75 Å². The van der Waals surface area contributed by atoms with Crippen LogP contribution in [0.25, 0.3) is 0 Å². The number of ether oxygens (including phenoxy) is 1. The van der Waals surface area contributed by atoms with E-state index < -0.39 is 11.8 Å². The minimum Gasteiger partial charge on any atom is -0.497 e. The van der Waals surface area contributed by atoms with E-state index >= 15 is 0 Å². The number of aliphatic imine (C=N–C) groups is 1. The monoisotopic (exact) mass is 390 g/mol. The average molecular weight is 391 g/mol. The minimum absolute atomic E-state index is 0.0155. The van der Waals surface area contributed by atoms with Gasteiger partial charge in [0, 0.05) is 12.8 Å². The summed E-state index contributed by atoms with van der Waals surface area (Å²) in [6.45, 7) is 2.86. The Kier molecular flexibility index (Phi) is 7.44. The third-order valence-electron chi connectivity index (χ3n) is 4.39. The van der Waals surface area contributed by atoms with Gasteiger partial charge in [0.2, 0.25) is 11.8 Å². The van der Waals surface area contributed by atoms with Gasteiger partial charge in [-0.15, -0.1) is 0 Å². The fraction of sp³-hybridized carbons (Fsp3) is 0.474. The Morgan fingerprint density at radius 2 is 2.00 bits per heavy atom. The highest BCUT2D eigenvalue weighted by Gasteiger charge is 2.36. The molecular weight excluding hydrogens is 364 g/mol. The summed E-state index contributed by atoms with van der Waals surface area (Å²) in [7, 11) is 5.55. The molecule has 1 aromatic carbocycles. The molecule has 1 aliphatic rings. The van der Waals surface area contributed by atoms with Gasteiger partial charge in [-0.25, -0.2) is 0 Å². The van der Waals surface area contributed by atoms with Crippen molar-refractivity contribution < 1.29 is 14.3 Å². The number of nitrogens with one attached hydrogen (secondary N) is 1. The van der Waals surface area contributed by atoms with Crippen molar-refractivity contribution in [2.24, 2.45) is 10.9 Å². The van der Waals surface area contributed by atoms with Gasteiger partial charge in [0.1, 0.15) is 5.75 Å². The smallest absolute Gasteiger partial charge is 0.246 e. The molecule has 1 saturated heterocycles. The number of amides is 2. The van der Waals surface area contributed by atoms with E-state index in [0.29, 0.717) is 13.1 Å². The molecule has 1 aliphatic heterocycles. The lowest BCUT2D eigenvalue weighted by Gasteiger charge is -2.30. The summed E-state index contributed by atoms with van der Waals surface area (Å²) in [5.41, 5.74) is 1.08. The lowest BCUT2D eigenvalue weighted by Crippen LogP contribution is -2.58. The van der Waals surface area contributed by atoms with Crippen LogP contribution in [0.15, 0.2) is 29.3 Å². The van der Waals surface area contributed by atoms with Crippen molar-refractivity contribution in [3.8, 4) is 5.75 Å². The largest absolute Gasteiger partial charge is 0.497 e. The maximum atomic E-state index is 12.5. The second-order valence-corrected chi connectivity index (χ2v) is 6.92. The normalized spacial score (nSPS) is 18.9. The number of likely N-dealkylation sites (N-methyl/N-ethyl adjacent to an activating group) is 1. The van der Waals surface area contributed by atoms with Crippen molar-refractivity contribution in [2.75, 3.05) is 34.3 Å². The Labute approximate surface area is 165 Å². The molecular formula is C19H26N4O3S. The predicted molar refractivity (Wildman–Crippen MR) is 109 cm³/mol. The molecule has 2 rings (SSSR count). The molecule has 0 saturated carbocycles. The number of nitrogens with zero attached hydrogens (tertiary/aromatic N) is 3. The summed E-state index contributed by atoms with van der Waals surface area (Å²) >= 11 is 5.08. The highest BCUT2D eigenvalue weighted by atomic mass is 32.1. The van der Waals surface area contributed by atoms with Crippen LogP contribution >= 0.6 is 12.2 Å². The Bertz CT molecular complexity index is 718. The lowest BCUT2D eigenvalue weighted by molar-refractivity contribution is -0.137. The van der Waals surface area contributed by atoms with Crippen LogP contribution in [0, 0.1) is 5.92 Å². The van der Waals surface area contributed by atoms with Gasteiger partial charge in [0.25, 0.3) is 0 Å². The molecule has 0 unspecified atom stereocenters. The van der Waals surface area contributed by atoms with Crippen LogP contribution in [0.2, 0.25) is 0 Å². The molecule has 0 radical (unpaired) electrons. The van der Waals surface area contributed by atoms with Gasteiger partial charge in [-0.05, 0) is 50.4 Å². The van der Waals surface area contributed by atoms with Crippen molar-refractivity contribution in [2.45, 2.75) is 19.4 Å². The molecule has 7 nitrogen and oxygen atoms in total. The third-order valence-corrected chi connectivity index (χ3v) is 4.72. The summed E-state index contributed by atoms with van der Waals surface area (Å²) in [5.74, 6) is -0.898. The maximum Gasteiger partial charge on any atom is 0.246 e. The number of hydrogen-bond acceptors (Lipinski definition) is 6. The molecule has 0 bridgehead atoms. The van der Waals surface area contributed by atoms with Gasteiger partial charge in [-0.3, -0.25) is 19.5 Å². The highest BCUT2D eigenvalue weighted by molar-refractivity contribution is 7.80. The standard InChI is InChI=1S/C19H26N4O3S/c1-5-10-23-18(25)15(17(24)21-19(23)27)11-20-12-16(22(2)3)13-6-8-14(26-4)9-7-13/h6-9,11,15-16H,5,10,12H2,1-4H3,(H,21,24,27)/t15-,16+/m0/s1. The number of thiocarbonyl (C=S) groups is 1. The fourth-order valence-corrected chi connectivity index (χ4v) is 3.14. The van der Waals surface area contributed by atoms with E-state index in [1.165, 1.54) is 11.1 Å². The number of carbonyl (C=O) groups is 2. The molecule has 0 aliphatic carbocycles. The zero-order valence-electron chi connectivity index (χ0n) is 16.1. The molecule has 146 valence electrons. The molecule has 2 amide bonds. The molecule has 8 heteroatoms. The van der Waals surface area contributed by atoms with Crippen LogP contribution < -0.4 is 10.1 Å². The van der Waals surface area contributed by atoms with Crippen LogP contribution in [0.3, 0.4) is 0 Å². The molecule has 1 heterocycles. The lowest BCUT2D eigenvalue weighted by atomic mass is 10.0. The zero-order valence-corrected chi connectivity index (χ0v) is 17.0. The van der Waals surface area contributed by atoms with E-state index in [1.54, 1.807) is 7.11 Å². The first-order valence-corrected chi connectivity index (χ1v) is 9.26. The van der Waals surface area contributed by atoms with Gasteiger partial charge in [0.15, 0.2) is 11.0 Å². The zero-order chi connectivity index (χ0) is 20.0. The minimum atomic E-state index is -0.943. The van der Waals surface area contributed by atoms with E-state index in [9.17, 15) is 9.59 Å². The first-order valence-electron chi connectivity index (χ1n) is 8.85. The fourth-order valence-electron chi connectivity index (χ4n) is 2.86. The molecule has 27 heavy (non-hydrogen) atoms. The summed E-state index contributed by atoms with van der Waals surface area (Å²) in [6, 6.07) is 7.79. The van der Waals surface area contributed by atoms with E-state index in [0.717, 1.165) is 17.7 Å². The molecule has 1 aromatic rings. The second-order valence-electron chi connectivity index (χ2n) is 6.53. The number of rotatable bonds is 8. The Morgan fingerprint density at radius 1 is 1.33 bits per heavy atom. The maximum absolute atomic E-state index is 12.5. The number of methoxy groups -OCH3 is 1. The highest BCUT2D eigenvalue weighted by Crippen LogP contribution is 2.21. The van der Waals surface area contributed by atoms with E-state index in [1.807, 2.05) is 50.2 Å². The van der Waals surface area contributed by atoms with Crippen LogP contribution in [-0.2, 0) is 9.59 Å².